The van der Waals surface area contributed by atoms with E-state index in [0.29, 0.717) is 23.1 Å². The Bertz CT molecular complexity index is 608. The van der Waals surface area contributed by atoms with Crippen molar-refractivity contribution in [2.24, 2.45) is 0 Å². The lowest BCUT2D eigenvalue weighted by Crippen LogP contribution is -2.40. The van der Waals surface area contributed by atoms with Gasteiger partial charge in [0.25, 0.3) is 5.91 Å². The van der Waals surface area contributed by atoms with E-state index >= 15 is 0 Å². The Morgan fingerprint density at radius 3 is 2.89 bits per heavy atom. The Kier molecular flexibility index (Phi) is 2.83. The number of nitrogens with one attached hydrogen (secondary N) is 1. The summed E-state index contributed by atoms with van der Waals surface area (Å²) in [5.41, 5.74) is 0.696. The fourth-order valence-corrected chi connectivity index (χ4v) is 1.77. The first kappa shape index (κ1) is 11.6. The lowest BCUT2D eigenvalue weighted by Gasteiger charge is -2.25. The summed E-state index contributed by atoms with van der Waals surface area (Å²) in [5.74, 6) is 1.17. The number of fused-ring (bicyclic) bond motifs is 1. The van der Waals surface area contributed by atoms with Crippen LogP contribution >= 0.6 is 0 Å². The first-order chi connectivity index (χ1) is 9.22. The predicted molar refractivity (Wildman–Crippen MR) is 66.2 cm³/mol. The Morgan fingerprint density at radius 1 is 1.37 bits per heavy atom. The summed E-state index contributed by atoms with van der Waals surface area (Å²) in [6, 6.07) is 8.86. The highest BCUT2D eigenvalue weighted by molar-refractivity contribution is 5.93. The van der Waals surface area contributed by atoms with Gasteiger partial charge in [-0.3, -0.25) is 10.1 Å². The van der Waals surface area contributed by atoms with Crippen molar-refractivity contribution in [3.8, 4) is 11.5 Å². The van der Waals surface area contributed by atoms with Gasteiger partial charge in [-0.05, 0) is 19.1 Å². The molecule has 1 aliphatic rings. The molecule has 6 heteroatoms. The van der Waals surface area contributed by atoms with Crippen LogP contribution in [-0.2, 0) is 4.79 Å². The molecular weight excluding hydrogens is 248 g/mol. The van der Waals surface area contributed by atoms with Gasteiger partial charge in [-0.15, -0.1) is 0 Å². The molecule has 1 aromatic heterocycles. The fraction of sp³-hybridized carbons (Fsp3) is 0.231. The second-order valence-electron chi connectivity index (χ2n) is 4.19. The predicted octanol–water partition coefficient (Wildman–Crippen LogP) is 1.76. The number of hydrogen-bond acceptors (Lipinski definition) is 5. The van der Waals surface area contributed by atoms with E-state index in [1.807, 2.05) is 12.1 Å². The summed E-state index contributed by atoms with van der Waals surface area (Å²) >= 11 is 0. The molecule has 1 aromatic carbocycles. The summed E-state index contributed by atoms with van der Waals surface area (Å²) in [7, 11) is 0. The SMILES string of the molecule is Cc1cc(NC(=O)C2COc3ccccc3O2)on1. The van der Waals surface area contributed by atoms with Crippen molar-refractivity contribution in [1.82, 2.24) is 5.16 Å². The first-order valence-electron chi connectivity index (χ1n) is 5.85. The molecule has 1 aliphatic heterocycles. The summed E-state index contributed by atoms with van der Waals surface area (Å²) in [4.78, 5) is 12.0. The summed E-state index contributed by atoms with van der Waals surface area (Å²) in [6.45, 7) is 1.94. The maximum absolute atomic E-state index is 12.0. The van der Waals surface area contributed by atoms with E-state index < -0.39 is 6.10 Å². The molecule has 98 valence electrons. The summed E-state index contributed by atoms with van der Waals surface area (Å²) in [6.07, 6.45) is -0.708. The van der Waals surface area contributed by atoms with Crippen molar-refractivity contribution >= 4 is 11.8 Å². The van der Waals surface area contributed by atoms with Crippen LogP contribution in [0.4, 0.5) is 5.88 Å². The quantitative estimate of drug-likeness (QED) is 0.890. The van der Waals surface area contributed by atoms with Gasteiger partial charge in [0.1, 0.15) is 6.61 Å². The van der Waals surface area contributed by atoms with Crippen molar-refractivity contribution in [2.75, 3.05) is 11.9 Å². The standard InChI is InChI=1S/C13H12N2O4/c1-8-6-12(19-15-8)14-13(16)11-7-17-9-4-2-3-5-10(9)18-11/h2-6,11H,7H2,1H3,(H,14,16). The zero-order chi connectivity index (χ0) is 13.2. The maximum Gasteiger partial charge on any atom is 0.271 e. The van der Waals surface area contributed by atoms with E-state index in [9.17, 15) is 4.79 Å². The number of rotatable bonds is 2. The van der Waals surface area contributed by atoms with E-state index in [1.54, 1.807) is 25.1 Å². The van der Waals surface area contributed by atoms with Gasteiger partial charge in [-0.25, -0.2) is 0 Å². The van der Waals surface area contributed by atoms with Gasteiger partial charge < -0.3 is 14.0 Å². The van der Waals surface area contributed by atoms with Crippen molar-refractivity contribution in [2.45, 2.75) is 13.0 Å². The molecule has 0 spiro atoms. The van der Waals surface area contributed by atoms with E-state index in [-0.39, 0.29) is 12.5 Å². The molecule has 0 saturated heterocycles. The number of ether oxygens (including phenoxy) is 2. The highest BCUT2D eigenvalue weighted by atomic mass is 16.6. The molecule has 0 aliphatic carbocycles. The molecule has 0 fully saturated rings. The zero-order valence-corrected chi connectivity index (χ0v) is 10.3. The van der Waals surface area contributed by atoms with Crippen molar-refractivity contribution in [3.05, 3.63) is 36.0 Å². The number of nitrogens with zero attached hydrogens (tertiary/aromatic N) is 1. The van der Waals surface area contributed by atoms with E-state index in [0.717, 1.165) is 0 Å². The molecule has 1 unspecified atom stereocenters. The van der Waals surface area contributed by atoms with Crippen LogP contribution < -0.4 is 14.8 Å². The average Bonchev–Trinajstić information content (AvgIpc) is 2.83. The van der Waals surface area contributed by atoms with Gasteiger partial charge in [0.15, 0.2) is 11.5 Å². The monoisotopic (exact) mass is 260 g/mol. The Morgan fingerprint density at radius 2 is 2.16 bits per heavy atom. The van der Waals surface area contributed by atoms with Gasteiger partial charge in [-0.2, -0.15) is 0 Å². The van der Waals surface area contributed by atoms with Crippen molar-refractivity contribution in [1.29, 1.82) is 0 Å². The minimum atomic E-state index is -0.708. The molecule has 6 nitrogen and oxygen atoms in total. The summed E-state index contributed by atoms with van der Waals surface area (Å²) < 4.78 is 16.0. The zero-order valence-electron chi connectivity index (χ0n) is 10.3. The van der Waals surface area contributed by atoms with Crippen molar-refractivity contribution in [3.63, 3.8) is 0 Å². The number of aromatic nitrogens is 1. The molecule has 3 rings (SSSR count). The minimum Gasteiger partial charge on any atom is -0.485 e. The topological polar surface area (TPSA) is 73.6 Å². The van der Waals surface area contributed by atoms with Gasteiger partial charge in [0.05, 0.1) is 5.69 Å². The number of para-hydroxylation sites is 2. The van der Waals surface area contributed by atoms with E-state index in [1.165, 1.54) is 0 Å². The number of benzene rings is 1. The first-order valence-corrected chi connectivity index (χ1v) is 5.85. The number of aryl methyl sites for hydroxylation is 1. The molecule has 1 N–H and O–H groups in total. The molecule has 0 bridgehead atoms. The molecule has 2 aromatic rings. The van der Waals surface area contributed by atoms with Crippen LogP contribution in [0.25, 0.3) is 0 Å². The molecular formula is C13H12N2O4. The average molecular weight is 260 g/mol. The van der Waals surface area contributed by atoms with Crippen LogP contribution in [0.5, 0.6) is 11.5 Å². The molecule has 19 heavy (non-hydrogen) atoms. The molecule has 0 saturated carbocycles. The second kappa shape index (κ2) is 4.64. The van der Waals surface area contributed by atoms with Crippen LogP contribution in [0.1, 0.15) is 5.69 Å². The molecule has 2 heterocycles. The third kappa shape index (κ3) is 2.37. The van der Waals surface area contributed by atoms with Crippen LogP contribution in [0, 0.1) is 6.92 Å². The van der Waals surface area contributed by atoms with Gasteiger partial charge in [0.2, 0.25) is 12.0 Å². The highest BCUT2D eigenvalue weighted by Crippen LogP contribution is 2.31. The lowest BCUT2D eigenvalue weighted by molar-refractivity contribution is -0.125. The molecule has 1 amide bonds. The van der Waals surface area contributed by atoms with Crippen LogP contribution in [0.15, 0.2) is 34.9 Å². The third-order valence-electron chi connectivity index (χ3n) is 2.68. The largest absolute Gasteiger partial charge is 0.485 e. The lowest BCUT2D eigenvalue weighted by atomic mass is 10.2. The van der Waals surface area contributed by atoms with Crippen LogP contribution in [0.2, 0.25) is 0 Å². The maximum atomic E-state index is 12.0. The van der Waals surface area contributed by atoms with Gasteiger partial charge >= 0.3 is 0 Å². The Balaban J connectivity index is 1.69. The van der Waals surface area contributed by atoms with E-state index in [2.05, 4.69) is 10.5 Å². The highest BCUT2D eigenvalue weighted by Gasteiger charge is 2.27. The number of amides is 1. The number of hydrogen-bond donors (Lipinski definition) is 1. The van der Waals surface area contributed by atoms with Crippen molar-refractivity contribution < 1.29 is 18.8 Å². The van der Waals surface area contributed by atoms with Crippen LogP contribution in [-0.4, -0.2) is 23.8 Å². The fourth-order valence-electron chi connectivity index (χ4n) is 1.77. The number of anilines is 1. The normalized spacial score (nSPS) is 17.0. The van der Waals surface area contributed by atoms with Gasteiger partial charge in [0, 0.05) is 6.07 Å². The third-order valence-corrected chi connectivity index (χ3v) is 2.68. The molecule has 0 radical (unpaired) electrons. The van der Waals surface area contributed by atoms with Crippen LogP contribution in [0.3, 0.4) is 0 Å². The Labute approximate surface area is 109 Å². The summed E-state index contributed by atoms with van der Waals surface area (Å²) in [5, 5.41) is 6.28. The molecule has 1 atom stereocenters. The van der Waals surface area contributed by atoms with E-state index in [4.69, 9.17) is 14.0 Å². The smallest absolute Gasteiger partial charge is 0.271 e. The minimum absolute atomic E-state index is 0.163. The number of carbonyl (C=O) groups is 1. The van der Waals surface area contributed by atoms with Gasteiger partial charge in [-0.1, -0.05) is 17.3 Å². The second-order valence-corrected chi connectivity index (χ2v) is 4.19. The number of carbonyl (C=O) groups excluding carboxylic acids is 1. The Hall–Kier alpha value is -2.50.